The van der Waals surface area contributed by atoms with Gasteiger partial charge in [-0.25, -0.2) is 4.79 Å². The number of aliphatic imine (C=N–C) groups is 1. The molecular formula is C23H33NO5. The van der Waals surface area contributed by atoms with Crippen molar-refractivity contribution >= 4 is 23.3 Å². The Bertz CT molecular complexity index is 748. The van der Waals surface area contributed by atoms with Crippen molar-refractivity contribution in [1.82, 2.24) is 0 Å². The molecule has 0 bridgehead atoms. The third-order valence-electron chi connectivity index (χ3n) is 4.89. The number of hydrogen-bond acceptors (Lipinski definition) is 5. The Hall–Kier alpha value is -2.37. The minimum atomic E-state index is -0.988. The summed E-state index contributed by atoms with van der Waals surface area (Å²) in [6.07, 6.45) is 5.93. The van der Waals surface area contributed by atoms with Gasteiger partial charge < -0.3 is 14.6 Å². The van der Waals surface area contributed by atoms with Crippen LogP contribution in [0.3, 0.4) is 0 Å². The van der Waals surface area contributed by atoms with Gasteiger partial charge in [0.1, 0.15) is 11.4 Å². The highest BCUT2D eigenvalue weighted by molar-refractivity contribution is 5.90. The minimum Gasteiger partial charge on any atom is -0.482 e. The van der Waals surface area contributed by atoms with Crippen molar-refractivity contribution < 1.29 is 24.2 Å². The van der Waals surface area contributed by atoms with Gasteiger partial charge in [0, 0.05) is 12.1 Å². The number of unbranched alkanes of at least 4 members (excludes halogenated alkanes) is 1. The predicted octanol–water partition coefficient (Wildman–Crippen LogP) is 5.10. The Kier molecular flexibility index (Phi) is 8.23. The van der Waals surface area contributed by atoms with Gasteiger partial charge in [-0.15, -0.1) is 0 Å². The number of carbonyl (C=O) groups is 2. The zero-order chi connectivity index (χ0) is 21.4. The Balaban J connectivity index is 1.98. The monoisotopic (exact) mass is 403 g/mol. The zero-order valence-electron chi connectivity index (χ0n) is 18.0. The molecule has 0 fully saturated rings. The first-order chi connectivity index (χ1) is 13.7. The minimum absolute atomic E-state index is 0.147. The first-order valence-corrected chi connectivity index (χ1v) is 10.4. The van der Waals surface area contributed by atoms with Gasteiger partial charge in [0.2, 0.25) is 0 Å². The first kappa shape index (κ1) is 22.9. The third kappa shape index (κ3) is 7.87. The molecule has 1 unspecified atom stereocenters. The summed E-state index contributed by atoms with van der Waals surface area (Å²) in [5.74, 6) is -0.146. The van der Waals surface area contributed by atoms with E-state index in [0.717, 1.165) is 49.8 Å². The number of hydrogen-bond donors (Lipinski definition) is 1. The number of carboxylic acids is 1. The Morgan fingerprint density at radius 3 is 2.66 bits per heavy atom. The molecule has 1 aromatic carbocycles. The summed E-state index contributed by atoms with van der Waals surface area (Å²) in [5.41, 5.74) is 2.78. The van der Waals surface area contributed by atoms with E-state index < -0.39 is 11.6 Å². The molecule has 0 saturated carbocycles. The molecule has 1 aliphatic heterocycles. The van der Waals surface area contributed by atoms with Gasteiger partial charge in [-0.1, -0.05) is 6.92 Å². The fourth-order valence-electron chi connectivity index (χ4n) is 3.52. The summed E-state index contributed by atoms with van der Waals surface area (Å²) in [4.78, 5) is 27.5. The predicted molar refractivity (Wildman–Crippen MR) is 113 cm³/mol. The van der Waals surface area contributed by atoms with Crippen LogP contribution in [0.1, 0.15) is 71.8 Å². The van der Waals surface area contributed by atoms with Crippen LogP contribution in [0.15, 0.2) is 23.2 Å². The number of aryl methyl sites for hydroxylation is 1. The van der Waals surface area contributed by atoms with Gasteiger partial charge in [0.25, 0.3) is 0 Å². The molecule has 160 valence electrons. The van der Waals surface area contributed by atoms with Crippen molar-refractivity contribution in [3.63, 3.8) is 0 Å². The van der Waals surface area contributed by atoms with Crippen LogP contribution in [0.2, 0.25) is 0 Å². The van der Waals surface area contributed by atoms with Crippen molar-refractivity contribution in [1.29, 1.82) is 0 Å². The number of aliphatic carboxylic acids is 1. The summed E-state index contributed by atoms with van der Waals surface area (Å²) in [5, 5.41) is 8.78. The summed E-state index contributed by atoms with van der Waals surface area (Å²) in [6, 6.07) is 5.59. The van der Waals surface area contributed by atoms with Crippen LogP contribution in [-0.2, 0) is 20.7 Å². The lowest BCUT2D eigenvalue weighted by atomic mass is 9.91. The highest BCUT2D eigenvalue weighted by Gasteiger charge is 2.20. The lowest BCUT2D eigenvalue weighted by Gasteiger charge is -2.19. The number of carboxylic acid groups (broad SMARTS) is 1. The second kappa shape index (κ2) is 10.4. The molecule has 0 amide bonds. The number of fused-ring (bicyclic) bond motifs is 1. The lowest BCUT2D eigenvalue weighted by molar-refractivity contribution is -0.155. The number of benzene rings is 1. The highest BCUT2D eigenvalue weighted by atomic mass is 16.6. The lowest BCUT2D eigenvalue weighted by Crippen LogP contribution is -2.23. The van der Waals surface area contributed by atoms with E-state index in [1.807, 2.05) is 32.9 Å². The van der Waals surface area contributed by atoms with E-state index in [0.29, 0.717) is 18.1 Å². The van der Waals surface area contributed by atoms with Gasteiger partial charge >= 0.3 is 11.9 Å². The van der Waals surface area contributed by atoms with Crippen LogP contribution < -0.4 is 4.74 Å². The van der Waals surface area contributed by atoms with E-state index >= 15 is 0 Å². The van der Waals surface area contributed by atoms with E-state index in [-0.39, 0.29) is 12.6 Å². The van der Waals surface area contributed by atoms with Gasteiger partial charge in [-0.3, -0.25) is 9.79 Å². The zero-order valence-corrected chi connectivity index (χ0v) is 18.0. The number of nitrogens with zero attached hydrogens (tertiary/aromatic N) is 1. The molecule has 1 aromatic rings. The van der Waals surface area contributed by atoms with Gasteiger partial charge in [0.15, 0.2) is 6.61 Å². The number of carbonyl (C=O) groups excluding carboxylic acids is 1. The van der Waals surface area contributed by atoms with E-state index in [2.05, 4.69) is 6.92 Å². The molecule has 6 heteroatoms. The Morgan fingerprint density at radius 1 is 1.24 bits per heavy atom. The normalized spacial score (nSPS) is 16.4. The topological polar surface area (TPSA) is 85.2 Å². The van der Waals surface area contributed by atoms with E-state index in [1.54, 1.807) is 6.07 Å². The molecule has 0 radical (unpaired) electrons. The van der Waals surface area contributed by atoms with Crippen molar-refractivity contribution in [3.8, 4) is 5.75 Å². The molecule has 0 saturated heterocycles. The van der Waals surface area contributed by atoms with Crippen LogP contribution in [0.5, 0.6) is 5.75 Å². The van der Waals surface area contributed by atoms with Gasteiger partial charge in [-0.05, 0) is 89.0 Å². The second-order valence-corrected chi connectivity index (χ2v) is 8.51. The molecule has 1 N–H and O–H groups in total. The fourth-order valence-corrected chi connectivity index (χ4v) is 3.52. The quantitative estimate of drug-likeness (QED) is 0.458. The van der Waals surface area contributed by atoms with E-state index in [9.17, 15) is 9.59 Å². The van der Waals surface area contributed by atoms with Crippen molar-refractivity contribution in [2.24, 2.45) is 10.9 Å². The fraction of sp³-hybridized carbons (Fsp3) is 0.609. The van der Waals surface area contributed by atoms with Crippen LogP contribution in [-0.4, -0.2) is 35.0 Å². The molecule has 0 aliphatic carbocycles. The largest absolute Gasteiger partial charge is 0.482 e. The Labute approximate surface area is 173 Å². The average Bonchev–Trinajstić information content (AvgIpc) is 2.80. The molecule has 0 aromatic heterocycles. The van der Waals surface area contributed by atoms with Gasteiger partial charge in [-0.2, -0.15) is 0 Å². The molecular weight excluding hydrogens is 370 g/mol. The maximum Gasteiger partial charge on any atom is 0.341 e. The number of rotatable bonds is 9. The summed E-state index contributed by atoms with van der Waals surface area (Å²) >= 11 is 0. The molecule has 29 heavy (non-hydrogen) atoms. The molecule has 2 rings (SSSR count). The van der Waals surface area contributed by atoms with E-state index in [4.69, 9.17) is 19.6 Å². The SMILES string of the molecule is CCC1CCc2cc(OCC(=O)O)ccc2N=C1CCCCC(=O)OC(C)(C)C. The third-order valence-corrected chi connectivity index (χ3v) is 4.89. The van der Waals surface area contributed by atoms with Crippen LogP contribution in [0.25, 0.3) is 0 Å². The van der Waals surface area contributed by atoms with Crippen molar-refractivity contribution in [3.05, 3.63) is 23.8 Å². The van der Waals surface area contributed by atoms with Crippen LogP contribution in [0, 0.1) is 5.92 Å². The molecule has 1 aliphatic rings. The standard InChI is InChI=1S/C23H33NO5/c1-5-16-10-11-17-14-18(28-15-21(25)26)12-13-20(17)24-19(16)8-6-7-9-22(27)29-23(2,3)4/h12-14,16H,5-11,15H2,1-4H3,(H,25,26). The summed E-state index contributed by atoms with van der Waals surface area (Å²) in [7, 11) is 0. The first-order valence-electron chi connectivity index (χ1n) is 10.4. The summed E-state index contributed by atoms with van der Waals surface area (Å²) in [6.45, 7) is 7.48. The van der Waals surface area contributed by atoms with E-state index in [1.165, 1.54) is 5.71 Å². The molecule has 1 heterocycles. The highest BCUT2D eigenvalue weighted by Crippen LogP contribution is 2.33. The van der Waals surface area contributed by atoms with Crippen molar-refractivity contribution in [2.75, 3.05) is 6.61 Å². The number of esters is 1. The van der Waals surface area contributed by atoms with Crippen molar-refractivity contribution in [2.45, 2.75) is 78.2 Å². The van der Waals surface area contributed by atoms with Crippen LogP contribution >= 0.6 is 0 Å². The average molecular weight is 404 g/mol. The maximum atomic E-state index is 11.9. The maximum absolute atomic E-state index is 11.9. The molecule has 0 spiro atoms. The molecule has 6 nitrogen and oxygen atoms in total. The Morgan fingerprint density at radius 2 is 2.00 bits per heavy atom. The molecule has 1 atom stereocenters. The number of ether oxygens (including phenoxy) is 2. The van der Waals surface area contributed by atoms with Gasteiger partial charge in [0.05, 0.1) is 5.69 Å². The summed E-state index contributed by atoms with van der Waals surface area (Å²) < 4.78 is 10.7. The van der Waals surface area contributed by atoms with Crippen LogP contribution in [0.4, 0.5) is 5.69 Å². The second-order valence-electron chi connectivity index (χ2n) is 8.51. The smallest absolute Gasteiger partial charge is 0.341 e.